The first-order chi connectivity index (χ1) is 18.6. The highest BCUT2D eigenvalue weighted by atomic mass is 16.6. The third-order valence-corrected chi connectivity index (χ3v) is 9.47. The van der Waals surface area contributed by atoms with Gasteiger partial charge in [-0.3, -0.25) is 9.59 Å². The van der Waals surface area contributed by atoms with Crippen molar-refractivity contribution in [3.8, 4) is 0 Å². The lowest BCUT2D eigenvalue weighted by atomic mass is 9.79. The molecule has 0 radical (unpaired) electrons. The number of hydrogen-bond acceptors (Lipinski definition) is 4. The van der Waals surface area contributed by atoms with Crippen LogP contribution in [0.3, 0.4) is 0 Å². The standard InChI is InChI=1S/C35H50O4/c1-7-13-25-15-11-21-34(23-25,19-9-3)38-31(36)29-27-17-18-28(33(27,5)6)30(29)32(37)39-35(20-10-4)22-12-16-26(24-35)14-8-2/h11-12,15-18,23-24,27-30H,7-10,13-14,19-22H2,1-6H3. The maximum Gasteiger partial charge on any atom is 0.311 e. The summed E-state index contributed by atoms with van der Waals surface area (Å²) in [4.78, 5) is 28.3. The van der Waals surface area contributed by atoms with Crippen LogP contribution in [0.1, 0.15) is 106 Å². The third kappa shape index (κ3) is 5.91. The summed E-state index contributed by atoms with van der Waals surface area (Å²) in [5.74, 6) is -1.61. The van der Waals surface area contributed by atoms with Crippen LogP contribution in [0.2, 0.25) is 0 Å². The minimum absolute atomic E-state index is 0.0379. The van der Waals surface area contributed by atoms with Gasteiger partial charge in [0.15, 0.2) is 0 Å². The maximum atomic E-state index is 14.1. The van der Waals surface area contributed by atoms with E-state index in [4.69, 9.17) is 9.47 Å². The number of rotatable bonds is 12. The van der Waals surface area contributed by atoms with Gasteiger partial charge in [-0.1, -0.05) is 104 Å². The zero-order valence-corrected chi connectivity index (χ0v) is 25.1. The maximum absolute atomic E-state index is 14.1. The Kier molecular flexibility index (Phi) is 9.13. The van der Waals surface area contributed by atoms with Crippen molar-refractivity contribution in [1.82, 2.24) is 0 Å². The number of hydrogen-bond donors (Lipinski definition) is 0. The van der Waals surface area contributed by atoms with Gasteiger partial charge in [-0.25, -0.2) is 0 Å². The number of ether oxygens (including phenoxy) is 2. The van der Waals surface area contributed by atoms with E-state index < -0.39 is 23.0 Å². The summed E-state index contributed by atoms with van der Waals surface area (Å²) in [7, 11) is 0. The monoisotopic (exact) mass is 534 g/mol. The molecule has 0 aromatic rings. The minimum atomic E-state index is -0.634. The van der Waals surface area contributed by atoms with Gasteiger partial charge in [0.25, 0.3) is 0 Å². The fourth-order valence-electron chi connectivity index (χ4n) is 7.73. The quantitative estimate of drug-likeness (QED) is 0.186. The first-order valence-corrected chi connectivity index (χ1v) is 15.5. The molecular weight excluding hydrogens is 484 g/mol. The molecule has 2 bridgehead atoms. The molecule has 0 heterocycles. The molecule has 6 unspecified atom stereocenters. The molecule has 6 atom stereocenters. The van der Waals surface area contributed by atoms with Gasteiger partial charge in [0.05, 0.1) is 11.8 Å². The van der Waals surface area contributed by atoms with E-state index >= 15 is 0 Å². The summed E-state index contributed by atoms with van der Waals surface area (Å²) in [6, 6.07) is 0. The molecule has 0 spiro atoms. The van der Waals surface area contributed by atoms with Crippen molar-refractivity contribution in [2.24, 2.45) is 29.1 Å². The molecule has 214 valence electrons. The summed E-state index contributed by atoms with van der Waals surface area (Å²) >= 11 is 0. The Bertz CT molecular complexity index is 990. The van der Waals surface area contributed by atoms with E-state index in [1.165, 1.54) is 11.1 Å². The second kappa shape index (κ2) is 12.0. The van der Waals surface area contributed by atoms with E-state index in [-0.39, 0.29) is 29.2 Å². The van der Waals surface area contributed by atoms with E-state index in [2.05, 4.69) is 90.2 Å². The van der Waals surface area contributed by atoms with Crippen LogP contribution in [-0.2, 0) is 19.1 Å². The molecule has 4 aliphatic rings. The number of fused-ring (bicyclic) bond motifs is 2. The van der Waals surface area contributed by atoms with Gasteiger partial charge in [0, 0.05) is 12.8 Å². The van der Waals surface area contributed by atoms with Crippen molar-refractivity contribution in [2.75, 3.05) is 0 Å². The summed E-state index contributed by atoms with van der Waals surface area (Å²) in [6.07, 6.45) is 26.1. The Morgan fingerprint density at radius 1 is 0.718 bits per heavy atom. The Morgan fingerprint density at radius 3 is 1.49 bits per heavy atom. The summed E-state index contributed by atoms with van der Waals surface area (Å²) in [5.41, 5.74) is 0.996. The molecule has 0 aromatic carbocycles. The predicted octanol–water partition coefficient (Wildman–Crippen LogP) is 8.60. The molecular formula is C35H50O4. The van der Waals surface area contributed by atoms with E-state index in [1.807, 2.05) is 0 Å². The Balaban J connectivity index is 1.62. The fraction of sp³-hybridized carbons (Fsp3) is 0.657. The molecule has 0 saturated heterocycles. The first-order valence-electron chi connectivity index (χ1n) is 15.5. The molecule has 1 saturated carbocycles. The van der Waals surface area contributed by atoms with E-state index in [0.29, 0.717) is 12.8 Å². The Morgan fingerprint density at radius 2 is 1.13 bits per heavy atom. The van der Waals surface area contributed by atoms with E-state index in [9.17, 15) is 9.59 Å². The smallest absolute Gasteiger partial charge is 0.311 e. The molecule has 0 aromatic heterocycles. The van der Waals surface area contributed by atoms with Crippen LogP contribution in [0.25, 0.3) is 0 Å². The lowest BCUT2D eigenvalue weighted by Gasteiger charge is -2.37. The van der Waals surface area contributed by atoms with Crippen LogP contribution in [0, 0.1) is 29.1 Å². The summed E-state index contributed by atoms with van der Waals surface area (Å²) < 4.78 is 13.0. The molecule has 1 fully saturated rings. The highest BCUT2D eigenvalue weighted by Crippen LogP contribution is 2.60. The zero-order chi connectivity index (χ0) is 28.3. The largest absolute Gasteiger partial charge is 0.454 e. The van der Waals surface area contributed by atoms with Gasteiger partial charge in [0.2, 0.25) is 0 Å². The normalized spacial score (nSPS) is 34.1. The van der Waals surface area contributed by atoms with Crippen molar-refractivity contribution in [1.29, 1.82) is 0 Å². The molecule has 4 nitrogen and oxygen atoms in total. The number of carbonyl (C=O) groups excluding carboxylic acids is 2. The van der Waals surface area contributed by atoms with Crippen molar-refractivity contribution < 1.29 is 19.1 Å². The average Bonchev–Trinajstić information content (AvgIpc) is 3.29. The van der Waals surface area contributed by atoms with E-state index in [1.54, 1.807) is 0 Å². The molecule has 0 N–H and O–H groups in total. The second-order valence-corrected chi connectivity index (χ2v) is 12.9. The number of carbonyl (C=O) groups is 2. The minimum Gasteiger partial charge on any atom is -0.454 e. The van der Waals surface area contributed by atoms with Crippen molar-refractivity contribution in [3.05, 3.63) is 59.8 Å². The van der Waals surface area contributed by atoms with Gasteiger partial charge in [-0.15, -0.1) is 0 Å². The van der Waals surface area contributed by atoms with Crippen molar-refractivity contribution in [2.45, 2.75) is 117 Å². The highest BCUT2D eigenvalue weighted by molar-refractivity contribution is 5.85. The first kappa shape index (κ1) is 29.6. The summed E-state index contributed by atoms with van der Waals surface area (Å²) in [6.45, 7) is 13.0. The van der Waals surface area contributed by atoms with Crippen LogP contribution in [0.15, 0.2) is 59.8 Å². The van der Waals surface area contributed by atoms with Gasteiger partial charge in [-0.2, -0.15) is 0 Å². The van der Waals surface area contributed by atoms with Crippen LogP contribution in [-0.4, -0.2) is 23.1 Å². The molecule has 39 heavy (non-hydrogen) atoms. The Labute approximate surface area is 236 Å². The van der Waals surface area contributed by atoms with Crippen LogP contribution < -0.4 is 0 Å². The van der Waals surface area contributed by atoms with Gasteiger partial charge in [0.1, 0.15) is 11.2 Å². The molecule has 0 aliphatic heterocycles. The molecule has 0 amide bonds. The van der Waals surface area contributed by atoms with Crippen LogP contribution >= 0.6 is 0 Å². The van der Waals surface area contributed by atoms with Gasteiger partial charge < -0.3 is 9.47 Å². The molecule has 4 aliphatic carbocycles. The van der Waals surface area contributed by atoms with Gasteiger partial charge >= 0.3 is 11.9 Å². The topological polar surface area (TPSA) is 52.6 Å². The van der Waals surface area contributed by atoms with Crippen molar-refractivity contribution in [3.63, 3.8) is 0 Å². The third-order valence-electron chi connectivity index (χ3n) is 9.47. The Hall–Kier alpha value is -2.36. The predicted molar refractivity (Wildman–Crippen MR) is 158 cm³/mol. The van der Waals surface area contributed by atoms with Crippen LogP contribution in [0.5, 0.6) is 0 Å². The fourth-order valence-corrected chi connectivity index (χ4v) is 7.73. The lowest BCUT2D eigenvalue weighted by molar-refractivity contribution is -0.174. The highest BCUT2D eigenvalue weighted by Gasteiger charge is 2.63. The zero-order valence-electron chi connectivity index (χ0n) is 25.1. The lowest BCUT2D eigenvalue weighted by Crippen LogP contribution is -2.44. The van der Waals surface area contributed by atoms with Crippen molar-refractivity contribution >= 4 is 11.9 Å². The molecule has 4 heteroatoms. The van der Waals surface area contributed by atoms with E-state index in [0.717, 1.165) is 51.4 Å². The number of allylic oxidation sites excluding steroid dienone is 6. The SMILES string of the molecule is CCCC1=CC(CCC)(OC(=O)C2C(C(=O)OC3(CCC)C=C(CCC)C=CC3)C3C=CC2C3(C)C)CC=C1. The van der Waals surface area contributed by atoms with Gasteiger partial charge in [-0.05, 0) is 66.2 Å². The average molecular weight is 535 g/mol. The summed E-state index contributed by atoms with van der Waals surface area (Å²) in [5, 5.41) is 0. The number of esters is 2. The second-order valence-electron chi connectivity index (χ2n) is 12.9. The molecule has 4 rings (SSSR count). The van der Waals surface area contributed by atoms with Crippen LogP contribution in [0.4, 0.5) is 0 Å².